The molecule has 15 unspecified atom stereocenters. The molecule has 434 valence electrons. The smallest absolute Gasteiger partial charge is 0.394 e. The van der Waals surface area contributed by atoms with Crippen LogP contribution in [0, 0.1) is 0 Å². The van der Waals surface area contributed by atoms with Crippen LogP contribution in [-0.2, 0) is 27.9 Å². The van der Waals surface area contributed by atoms with Gasteiger partial charge in [0.05, 0.1) is 25.4 Å². The number of aliphatic hydroxyl groups is 10. The van der Waals surface area contributed by atoms with Gasteiger partial charge in [-0.1, -0.05) is 219 Å². The van der Waals surface area contributed by atoms with Gasteiger partial charge in [0, 0.05) is 6.42 Å². The summed E-state index contributed by atoms with van der Waals surface area (Å²) in [6.45, 7) is 2.75. The van der Waals surface area contributed by atoms with Gasteiger partial charge >= 0.3 is 7.82 Å². The Labute approximate surface area is 439 Å². The predicted molar refractivity (Wildman–Crippen MR) is 280 cm³/mol. The lowest BCUT2D eigenvalue weighted by Gasteiger charge is -2.47. The van der Waals surface area contributed by atoms with Crippen molar-refractivity contribution in [3.63, 3.8) is 0 Å². The van der Waals surface area contributed by atoms with Crippen molar-refractivity contribution in [1.29, 1.82) is 0 Å². The Bertz CT molecular complexity index is 1390. The van der Waals surface area contributed by atoms with Crippen LogP contribution in [-0.4, -0.2) is 161 Å². The van der Waals surface area contributed by atoms with Gasteiger partial charge in [0.2, 0.25) is 5.91 Å². The largest absolute Gasteiger partial charge is 0.472 e. The normalized spacial score (nSPS) is 27.7. The maximum absolute atomic E-state index is 13.5. The highest BCUT2D eigenvalue weighted by Gasteiger charge is 2.55. The minimum Gasteiger partial charge on any atom is -0.394 e. The zero-order valence-electron chi connectivity index (χ0n) is 45.1. The molecule has 2 rings (SSSR count). The molecule has 18 nitrogen and oxygen atoms in total. The number of amides is 1. The van der Waals surface area contributed by atoms with Gasteiger partial charge in [0.25, 0.3) is 0 Å². The van der Waals surface area contributed by atoms with Gasteiger partial charge in [-0.2, -0.15) is 0 Å². The van der Waals surface area contributed by atoms with Gasteiger partial charge in [0.1, 0.15) is 67.1 Å². The van der Waals surface area contributed by atoms with Crippen LogP contribution in [0.1, 0.15) is 239 Å². The van der Waals surface area contributed by atoms with E-state index in [1.807, 2.05) is 0 Å². The second kappa shape index (κ2) is 41.2. The van der Waals surface area contributed by atoms with Crippen LogP contribution in [0.3, 0.4) is 0 Å². The summed E-state index contributed by atoms with van der Waals surface area (Å²) in [5.74, 6) is -0.479. The third-order valence-electron chi connectivity index (χ3n) is 14.9. The highest BCUT2D eigenvalue weighted by atomic mass is 31.2. The fraction of sp³-hybridized carbons (Fsp3) is 0.981. The molecule has 2 aliphatic rings. The lowest BCUT2D eigenvalue weighted by atomic mass is 9.84. The first kappa shape index (κ1) is 68.2. The third kappa shape index (κ3) is 28.5. The number of carbonyl (C=O) groups is 1. The van der Waals surface area contributed by atoms with Crippen LogP contribution in [0.2, 0.25) is 0 Å². The molecule has 1 aliphatic heterocycles. The lowest BCUT2D eigenvalue weighted by molar-refractivity contribution is -0.338. The quantitative estimate of drug-likeness (QED) is 0.0215. The lowest BCUT2D eigenvalue weighted by Crippen LogP contribution is -2.67. The number of ether oxygens (including phenoxy) is 2. The Balaban J connectivity index is 1.89. The van der Waals surface area contributed by atoms with Gasteiger partial charge in [-0.25, -0.2) is 4.57 Å². The summed E-state index contributed by atoms with van der Waals surface area (Å²) in [5, 5.41) is 108. The molecule has 73 heavy (non-hydrogen) atoms. The zero-order valence-corrected chi connectivity index (χ0v) is 46.0. The van der Waals surface area contributed by atoms with Crippen molar-refractivity contribution in [3.8, 4) is 0 Å². The molecule has 0 aromatic rings. The molecule has 15 atom stereocenters. The molecular formula is C54H106NO17P. The summed E-state index contributed by atoms with van der Waals surface area (Å²) < 4.78 is 34.8. The molecule has 0 radical (unpaired) electrons. The molecule has 0 spiro atoms. The van der Waals surface area contributed by atoms with Crippen LogP contribution >= 0.6 is 7.82 Å². The number of nitrogens with one attached hydrogen (secondary N) is 1. The molecule has 1 saturated carbocycles. The van der Waals surface area contributed by atoms with E-state index in [2.05, 4.69) is 19.2 Å². The summed E-state index contributed by atoms with van der Waals surface area (Å²) in [4.78, 5) is 24.2. The molecule has 0 aromatic carbocycles. The van der Waals surface area contributed by atoms with Crippen LogP contribution < -0.4 is 5.32 Å². The summed E-state index contributed by atoms with van der Waals surface area (Å²) in [7, 11) is -5.41. The van der Waals surface area contributed by atoms with Crippen molar-refractivity contribution in [1.82, 2.24) is 5.32 Å². The van der Waals surface area contributed by atoms with Crippen LogP contribution in [0.15, 0.2) is 0 Å². The first-order chi connectivity index (χ1) is 35.1. The van der Waals surface area contributed by atoms with Gasteiger partial charge in [-0.05, 0) is 12.8 Å². The van der Waals surface area contributed by atoms with Crippen molar-refractivity contribution < 1.29 is 83.8 Å². The molecule has 1 saturated heterocycles. The van der Waals surface area contributed by atoms with E-state index in [0.717, 1.165) is 51.4 Å². The minimum absolute atomic E-state index is 0.0910. The zero-order chi connectivity index (χ0) is 53.9. The van der Waals surface area contributed by atoms with Gasteiger partial charge in [-0.15, -0.1) is 0 Å². The van der Waals surface area contributed by atoms with Crippen molar-refractivity contribution in [3.05, 3.63) is 0 Å². The highest BCUT2D eigenvalue weighted by Crippen LogP contribution is 2.48. The Kier molecular flexibility index (Phi) is 38.5. The number of carbonyl (C=O) groups excluding carboxylic acids is 1. The maximum atomic E-state index is 13.5. The molecule has 1 aliphatic carbocycles. The highest BCUT2D eigenvalue weighted by molar-refractivity contribution is 7.47. The predicted octanol–water partition coefficient (Wildman–Crippen LogP) is 7.03. The van der Waals surface area contributed by atoms with Crippen molar-refractivity contribution >= 4 is 13.7 Å². The van der Waals surface area contributed by atoms with E-state index in [0.29, 0.717) is 12.8 Å². The van der Waals surface area contributed by atoms with E-state index in [4.69, 9.17) is 18.5 Å². The van der Waals surface area contributed by atoms with Crippen LogP contribution in [0.4, 0.5) is 0 Å². The van der Waals surface area contributed by atoms with Crippen LogP contribution in [0.25, 0.3) is 0 Å². The standard InChI is InChI=1S/C54H106NO17P/c1-3-5-7-9-11-13-15-17-18-19-20-21-22-23-24-25-27-29-31-33-35-37-43(58)55-40(44(59)41(57)36-34-32-30-28-26-16-14-12-10-8-6-4-2)39-69-73(67,68)72-53-50(65)48(63)47(62)49(64)52(53)71-54-51(66)46(61)45(60)42(38-56)70-54/h40-42,44-54,56-57,59-66H,3-39H2,1-2H3,(H,55,58)(H,67,68). The second-order valence-corrected chi connectivity index (χ2v) is 22.7. The molecule has 19 heteroatoms. The first-order valence-electron chi connectivity index (χ1n) is 29.1. The fourth-order valence-electron chi connectivity index (χ4n) is 10.0. The Morgan fingerprint density at radius 3 is 1.30 bits per heavy atom. The van der Waals surface area contributed by atoms with E-state index >= 15 is 0 Å². The van der Waals surface area contributed by atoms with Crippen molar-refractivity contribution in [2.45, 2.75) is 324 Å². The first-order valence-corrected chi connectivity index (χ1v) is 30.6. The van der Waals surface area contributed by atoms with Gasteiger partial charge < -0.3 is 70.7 Å². The monoisotopic (exact) mass is 1070 g/mol. The summed E-state index contributed by atoms with van der Waals surface area (Å²) in [6, 6.07) is -1.41. The van der Waals surface area contributed by atoms with E-state index < -0.39 is 113 Å². The summed E-state index contributed by atoms with van der Waals surface area (Å²) in [6.07, 6.45) is 14.3. The van der Waals surface area contributed by atoms with Crippen molar-refractivity contribution in [2.24, 2.45) is 0 Å². The van der Waals surface area contributed by atoms with E-state index in [9.17, 15) is 65.3 Å². The number of rotatable bonds is 46. The van der Waals surface area contributed by atoms with E-state index in [-0.39, 0.29) is 12.8 Å². The van der Waals surface area contributed by atoms with Gasteiger partial charge in [0.15, 0.2) is 6.29 Å². The molecule has 12 N–H and O–H groups in total. The molecular weight excluding hydrogens is 966 g/mol. The second-order valence-electron chi connectivity index (χ2n) is 21.3. The number of aliphatic hydroxyl groups excluding tert-OH is 10. The molecule has 0 bridgehead atoms. The maximum Gasteiger partial charge on any atom is 0.472 e. The molecule has 2 fully saturated rings. The fourth-order valence-corrected chi connectivity index (χ4v) is 11.0. The average Bonchev–Trinajstić information content (AvgIpc) is 3.37. The topological polar surface area (TPSA) is 306 Å². The molecule has 1 amide bonds. The van der Waals surface area contributed by atoms with Gasteiger partial charge in [-0.3, -0.25) is 13.8 Å². The summed E-state index contributed by atoms with van der Waals surface area (Å²) in [5.41, 5.74) is 0. The number of phosphoric acid groups is 1. The SMILES string of the molecule is CCCCCCCCCCCCCCCCCCCCCCCC(=O)NC(COP(=O)(O)OC1C(O)C(O)C(O)C(O)C1OC1OC(CO)C(O)C(O)C1O)C(O)C(O)CCCCCCCCCCCCCC. The molecule has 0 aromatic heterocycles. The number of unbranched alkanes of at least 4 members (excludes halogenated alkanes) is 31. The Morgan fingerprint density at radius 2 is 0.890 bits per heavy atom. The Hall–Kier alpha value is -0.900. The van der Waals surface area contributed by atoms with Crippen LogP contribution in [0.5, 0.6) is 0 Å². The molecule has 1 heterocycles. The average molecular weight is 1070 g/mol. The number of hydrogen-bond donors (Lipinski definition) is 12. The van der Waals surface area contributed by atoms with E-state index in [1.54, 1.807) is 0 Å². The minimum atomic E-state index is -5.41. The van der Waals surface area contributed by atoms with E-state index in [1.165, 1.54) is 148 Å². The number of hydrogen-bond acceptors (Lipinski definition) is 16. The Morgan fingerprint density at radius 1 is 0.521 bits per heavy atom. The van der Waals surface area contributed by atoms with Crippen molar-refractivity contribution in [2.75, 3.05) is 13.2 Å². The summed E-state index contributed by atoms with van der Waals surface area (Å²) >= 11 is 0. The third-order valence-corrected chi connectivity index (χ3v) is 15.9. The number of phosphoric ester groups is 1.